The summed E-state index contributed by atoms with van der Waals surface area (Å²) in [6.45, 7) is 5.28. The van der Waals surface area contributed by atoms with Gasteiger partial charge in [0.05, 0.1) is 36.3 Å². The Kier molecular flexibility index (Phi) is 5.02. The topological polar surface area (TPSA) is 110 Å². The van der Waals surface area contributed by atoms with E-state index in [0.29, 0.717) is 23.1 Å². The second-order valence-corrected chi connectivity index (χ2v) is 8.96. The van der Waals surface area contributed by atoms with Crippen LogP contribution in [0.4, 0.5) is 17.3 Å². The number of pyridine rings is 2. The van der Waals surface area contributed by atoms with Crippen molar-refractivity contribution in [3.05, 3.63) is 36.7 Å². The van der Waals surface area contributed by atoms with E-state index in [0.717, 1.165) is 60.6 Å². The highest BCUT2D eigenvalue weighted by Gasteiger charge is 2.39. The number of anilines is 3. The summed E-state index contributed by atoms with van der Waals surface area (Å²) in [4.78, 5) is 19.3. The third kappa shape index (κ3) is 3.69. The Hall–Kier alpha value is -3.79. The van der Waals surface area contributed by atoms with Gasteiger partial charge >= 0.3 is 0 Å². The van der Waals surface area contributed by atoms with Crippen molar-refractivity contribution in [2.75, 3.05) is 48.9 Å². The van der Waals surface area contributed by atoms with Crippen molar-refractivity contribution in [1.29, 1.82) is 0 Å². The number of rotatable bonds is 5. The molecule has 2 N–H and O–H groups in total. The smallest absolute Gasteiger partial charge is 0.228 e. The van der Waals surface area contributed by atoms with Gasteiger partial charge in [-0.3, -0.25) is 4.79 Å². The quantitative estimate of drug-likeness (QED) is 0.470. The van der Waals surface area contributed by atoms with Gasteiger partial charge in [-0.1, -0.05) is 6.92 Å². The summed E-state index contributed by atoms with van der Waals surface area (Å²) in [7, 11) is 1.80. The van der Waals surface area contributed by atoms with Crippen LogP contribution in [0.3, 0.4) is 0 Å². The molecule has 2 atom stereocenters. The van der Waals surface area contributed by atoms with Gasteiger partial charge in [0.2, 0.25) is 5.91 Å². The average molecular weight is 459 g/mol. The predicted octanol–water partition coefficient (Wildman–Crippen LogP) is 2.81. The molecule has 2 aliphatic rings. The van der Waals surface area contributed by atoms with E-state index in [9.17, 15) is 4.79 Å². The molecule has 0 radical (unpaired) electrons. The van der Waals surface area contributed by atoms with E-state index in [2.05, 4.69) is 49.8 Å². The third-order valence-corrected chi connectivity index (χ3v) is 6.66. The van der Waals surface area contributed by atoms with Crippen LogP contribution >= 0.6 is 0 Å². The first-order valence-corrected chi connectivity index (χ1v) is 11.6. The zero-order valence-corrected chi connectivity index (χ0v) is 19.2. The van der Waals surface area contributed by atoms with E-state index in [4.69, 9.17) is 9.84 Å². The summed E-state index contributed by atoms with van der Waals surface area (Å²) >= 11 is 0. The molecular formula is C24H26N8O2. The molecule has 34 heavy (non-hydrogen) atoms. The summed E-state index contributed by atoms with van der Waals surface area (Å²) in [6, 6.07) is 8.07. The van der Waals surface area contributed by atoms with Crippen molar-refractivity contribution in [2.45, 2.75) is 13.3 Å². The molecule has 4 aromatic heterocycles. The van der Waals surface area contributed by atoms with Crippen LogP contribution in [-0.4, -0.2) is 64.1 Å². The van der Waals surface area contributed by atoms with E-state index >= 15 is 0 Å². The Morgan fingerprint density at radius 2 is 2.00 bits per heavy atom. The Balaban J connectivity index is 1.40. The molecule has 1 aliphatic heterocycles. The summed E-state index contributed by atoms with van der Waals surface area (Å²) in [5, 5.41) is 20.3. The largest absolute Gasteiger partial charge is 0.378 e. The van der Waals surface area contributed by atoms with Gasteiger partial charge in [0.15, 0.2) is 11.6 Å². The predicted molar refractivity (Wildman–Crippen MR) is 130 cm³/mol. The van der Waals surface area contributed by atoms with Crippen molar-refractivity contribution < 1.29 is 9.53 Å². The van der Waals surface area contributed by atoms with Crippen molar-refractivity contribution in [2.24, 2.45) is 11.8 Å². The molecule has 2 fully saturated rings. The first-order valence-electron chi connectivity index (χ1n) is 11.6. The van der Waals surface area contributed by atoms with Crippen LogP contribution in [0, 0.1) is 11.8 Å². The van der Waals surface area contributed by atoms with E-state index in [1.807, 2.05) is 22.8 Å². The molecule has 1 amide bonds. The number of morpholine rings is 1. The molecule has 174 valence electrons. The number of nitrogens with zero attached hydrogens (tertiary/aromatic N) is 6. The zero-order chi connectivity index (χ0) is 23.2. The monoisotopic (exact) mass is 458 g/mol. The third-order valence-electron chi connectivity index (χ3n) is 6.66. The van der Waals surface area contributed by atoms with Gasteiger partial charge in [-0.05, 0) is 36.6 Å². The number of nitrogens with one attached hydrogen (secondary N) is 2. The Morgan fingerprint density at radius 3 is 2.76 bits per heavy atom. The van der Waals surface area contributed by atoms with Crippen LogP contribution in [0.25, 0.3) is 27.7 Å². The van der Waals surface area contributed by atoms with Gasteiger partial charge in [0.1, 0.15) is 5.52 Å². The van der Waals surface area contributed by atoms with Gasteiger partial charge in [0.25, 0.3) is 0 Å². The molecule has 0 aromatic carbocycles. The lowest BCUT2D eigenvalue weighted by Crippen LogP contribution is -2.36. The van der Waals surface area contributed by atoms with E-state index in [-0.39, 0.29) is 11.8 Å². The van der Waals surface area contributed by atoms with E-state index in [1.54, 1.807) is 13.2 Å². The number of hydrogen-bond acceptors (Lipinski definition) is 8. The Morgan fingerprint density at radius 1 is 1.18 bits per heavy atom. The SMILES string of the molecule is CNc1ncc(-c2cc3ccc(N4CCOCC4)cn3n2)c2cc(NC(=O)[C@H]3C[C@H]3C)nnc12. The number of ether oxygens (including phenoxy) is 1. The molecule has 0 bridgehead atoms. The van der Waals surface area contributed by atoms with Crippen LogP contribution in [-0.2, 0) is 9.53 Å². The fraction of sp³-hybridized carbons (Fsp3) is 0.375. The Labute approximate surface area is 196 Å². The first kappa shape index (κ1) is 20.8. The Bertz CT molecular complexity index is 1390. The van der Waals surface area contributed by atoms with Crippen molar-refractivity contribution >= 4 is 39.6 Å². The van der Waals surface area contributed by atoms with Crippen molar-refractivity contribution in [3.63, 3.8) is 0 Å². The van der Waals surface area contributed by atoms with Gasteiger partial charge in [-0.25, -0.2) is 9.50 Å². The minimum absolute atomic E-state index is 0.00558. The highest BCUT2D eigenvalue weighted by molar-refractivity contribution is 6.01. The lowest BCUT2D eigenvalue weighted by atomic mass is 10.1. The minimum Gasteiger partial charge on any atom is -0.378 e. The maximum Gasteiger partial charge on any atom is 0.228 e. The summed E-state index contributed by atoms with van der Waals surface area (Å²) in [5.74, 6) is 1.53. The summed E-state index contributed by atoms with van der Waals surface area (Å²) < 4.78 is 7.36. The van der Waals surface area contributed by atoms with Crippen LogP contribution < -0.4 is 15.5 Å². The first-order chi connectivity index (χ1) is 16.6. The molecule has 1 saturated carbocycles. The van der Waals surface area contributed by atoms with Crippen molar-refractivity contribution in [3.8, 4) is 11.3 Å². The highest BCUT2D eigenvalue weighted by atomic mass is 16.5. The summed E-state index contributed by atoms with van der Waals surface area (Å²) in [6.07, 6.45) is 4.75. The lowest BCUT2D eigenvalue weighted by molar-refractivity contribution is -0.117. The van der Waals surface area contributed by atoms with Crippen LogP contribution in [0.15, 0.2) is 36.7 Å². The summed E-state index contributed by atoms with van der Waals surface area (Å²) in [5.41, 5.74) is 4.33. The van der Waals surface area contributed by atoms with Gasteiger partial charge in [0, 0.05) is 43.2 Å². The number of fused-ring (bicyclic) bond motifs is 2. The number of aromatic nitrogens is 5. The minimum atomic E-state index is -0.00558. The molecule has 5 heterocycles. The van der Waals surface area contributed by atoms with Gasteiger partial charge < -0.3 is 20.3 Å². The van der Waals surface area contributed by atoms with Gasteiger partial charge in [-0.2, -0.15) is 5.10 Å². The molecule has 10 heteroatoms. The number of amides is 1. The lowest BCUT2D eigenvalue weighted by Gasteiger charge is -2.28. The zero-order valence-electron chi connectivity index (χ0n) is 19.2. The molecular weight excluding hydrogens is 432 g/mol. The van der Waals surface area contributed by atoms with Crippen LogP contribution in [0.2, 0.25) is 0 Å². The van der Waals surface area contributed by atoms with Crippen LogP contribution in [0.5, 0.6) is 0 Å². The highest BCUT2D eigenvalue weighted by Crippen LogP contribution is 2.38. The number of hydrogen-bond donors (Lipinski definition) is 2. The maximum absolute atomic E-state index is 12.4. The number of carbonyl (C=O) groups is 1. The molecule has 6 rings (SSSR count). The average Bonchev–Trinajstić information content (AvgIpc) is 3.45. The van der Waals surface area contributed by atoms with Crippen LogP contribution in [0.1, 0.15) is 13.3 Å². The second-order valence-electron chi connectivity index (χ2n) is 8.96. The van der Waals surface area contributed by atoms with E-state index < -0.39 is 0 Å². The molecule has 0 unspecified atom stereocenters. The maximum atomic E-state index is 12.4. The molecule has 4 aromatic rings. The fourth-order valence-electron chi connectivity index (χ4n) is 4.50. The molecule has 10 nitrogen and oxygen atoms in total. The standard InChI is InChI=1S/C24H26N8O2/c1-14-9-17(14)24(33)27-21-11-18-19(12-26-23(25-2)22(18)29-28-21)20-10-15-3-4-16(13-32(15)30-20)31-5-7-34-8-6-31/h3-4,10-14,17H,5-9H2,1-2H3,(H,25,26)(H,27,28,33)/t14-,17+/m1/s1. The molecule has 0 spiro atoms. The normalized spacial score (nSPS) is 20.0. The molecule has 1 aliphatic carbocycles. The van der Waals surface area contributed by atoms with E-state index in [1.165, 1.54) is 0 Å². The number of carbonyl (C=O) groups excluding carboxylic acids is 1. The van der Waals surface area contributed by atoms with Gasteiger partial charge in [-0.15, -0.1) is 10.2 Å². The van der Waals surface area contributed by atoms with Crippen molar-refractivity contribution in [1.82, 2.24) is 24.8 Å². The molecule has 1 saturated heterocycles. The second kappa shape index (κ2) is 8.21. The fourth-order valence-corrected chi connectivity index (χ4v) is 4.50.